The predicted molar refractivity (Wildman–Crippen MR) is 108 cm³/mol. The van der Waals surface area contributed by atoms with Crippen molar-refractivity contribution in [3.63, 3.8) is 0 Å². The molecule has 0 unspecified atom stereocenters. The van der Waals surface area contributed by atoms with Crippen molar-refractivity contribution in [1.29, 1.82) is 0 Å². The summed E-state index contributed by atoms with van der Waals surface area (Å²) in [5.74, 6) is 1.02. The Morgan fingerprint density at radius 3 is 2.68 bits per heavy atom. The topological polar surface area (TPSA) is 81.2 Å². The van der Waals surface area contributed by atoms with E-state index < -0.39 is 0 Å². The van der Waals surface area contributed by atoms with Gasteiger partial charge in [0.2, 0.25) is 17.6 Å². The Kier molecular flexibility index (Phi) is 5.63. The highest BCUT2D eigenvalue weighted by Crippen LogP contribution is 2.28. The molecule has 1 fully saturated rings. The van der Waals surface area contributed by atoms with Gasteiger partial charge >= 0.3 is 0 Å². The van der Waals surface area contributed by atoms with Crippen LogP contribution in [0.1, 0.15) is 18.4 Å². The zero-order valence-corrected chi connectivity index (χ0v) is 17.3. The van der Waals surface area contributed by atoms with Crippen LogP contribution in [0, 0.1) is 0 Å². The van der Waals surface area contributed by atoms with Crippen LogP contribution in [0.25, 0.3) is 11.6 Å². The summed E-state index contributed by atoms with van der Waals surface area (Å²) < 4.78 is 8.17. The summed E-state index contributed by atoms with van der Waals surface area (Å²) in [6.07, 6.45) is 1.18. The summed E-state index contributed by atoms with van der Waals surface area (Å²) in [5.41, 5.74) is 1.08. The van der Waals surface area contributed by atoms with Crippen LogP contribution in [0.15, 0.2) is 56.7 Å². The first kappa shape index (κ1) is 18.9. The fourth-order valence-electron chi connectivity index (χ4n) is 3.04. The van der Waals surface area contributed by atoms with Gasteiger partial charge in [-0.2, -0.15) is 0 Å². The van der Waals surface area contributed by atoms with E-state index in [1.165, 1.54) is 16.7 Å². The van der Waals surface area contributed by atoms with E-state index in [1.807, 2.05) is 41.0 Å². The minimum Gasteiger partial charge on any atom is -0.446 e. The van der Waals surface area contributed by atoms with Crippen molar-refractivity contribution in [2.45, 2.75) is 24.5 Å². The van der Waals surface area contributed by atoms with Gasteiger partial charge in [-0.1, -0.05) is 42.1 Å². The number of furan rings is 1. The number of likely N-dealkylation sites (tertiary alicyclic amines) is 1. The molecule has 2 amide bonds. The van der Waals surface area contributed by atoms with Crippen molar-refractivity contribution < 1.29 is 14.0 Å². The van der Waals surface area contributed by atoms with Crippen molar-refractivity contribution in [2.75, 3.05) is 12.3 Å². The van der Waals surface area contributed by atoms with Crippen LogP contribution in [0.5, 0.6) is 0 Å². The van der Waals surface area contributed by atoms with E-state index >= 15 is 0 Å². The van der Waals surface area contributed by atoms with Crippen LogP contribution < -0.4 is 0 Å². The van der Waals surface area contributed by atoms with Crippen molar-refractivity contribution >= 4 is 39.5 Å². The molecule has 0 atom stereocenters. The number of thioether (sulfide) groups is 1. The normalized spacial score (nSPS) is 14.0. The number of benzene rings is 1. The molecule has 0 N–H and O–H groups in total. The van der Waals surface area contributed by atoms with Gasteiger partial charge in [0, 0.05) is 13.0 Å². The Hall–Kier alpha value is -2.39. The molecule has 1 aliphatic rings. The second kappa shape index (κ2) is 8.32. The van der Waals surface area contributed by atoms with Gasteiger partial charge in [0.25, 0.3) is 0 Å². The van der Waals surface area contributed by atoms with E-state index in [-0.39, 0.29) is 17.6 Å². The average Bonchev–Trinajstić information content (AvgIpc) is 3.41. The summed E-state index contributed by atoms with van der Waals surface area (Å²) >= 11 is 4.59. The number of imide groups is 1. The Labute approximate surface area is 174 Å². The van der Waals surface area contributed by atoms with E-state index in [1.54, 1.807) is 6.07 Å². The molecule has 9 heteroatoms. The maximum atomic E-state index is 12.4. The molecule has 0 spiro atoms. The quantitative estimate of drug-likeness (QED) is 0.522. The number of hydrogen-bond donors (Lipinski definition) is 0. The molecule has 0 aliphatic carbocycles. The molecule has 7 nitrogen and oxygen atoms in total. The summed E-state index contributed by atoms with van der Waals surface area (Å²) in [6.45, 7) is 1.04. The minimum absolute atomic E-state index is 0.0996. The van der Waals surface area contributed by atoms with Gasteiger partial charge in [-0.15, -0.1) is 10.2 Å². The highest BCUT2D eigenvalue weighted by Gasteiger charge is 2.27. The van der Waals surface area contributed by atoms with Gasteiger partial charge in [-0.3, -0.25) is 19.1 Å². The number of halogens is 1. The standard InChI is InChI=1S/C19H17BrN4O3S/c20-15-9-8-14(27-15)18-21-22-19(24(18)11-13-5-2-1-3-6-13)28-12-17(26)23-10-4-7-16(23)25/h1-3,5-6,8-9H,4,7,10-12H2. The van der Waals surface area contributed by atoms with Crippen molar-refractivity contribution in [3.05, 3.63) is 52.7 Å². The fourth-order valence-corrected chi connectivity index (χ4v) is 4.16. The second-order valence-electron chi connectivity index (χ2n) is 6.31. The van der Waals surface area contributed by atoms with E-state index in [0.717, 1.165) is 12.0 Å². The largest absolute Gasteiger partial charge is 0.446 e. The molecular weight excluding hydrogens is 444 g/mol. The van der Waals surface area contributed by atoms with E-state index in [0.29, 0.717) is 40.9 Å². The monoisotopic (exact) mass is 460 g/mol. The number of aromatic nitrogens is 3. The molecule has 0 bridgehead atoms. The lowest BCUT2D eigenvalue weighted by molar-refractivity contribution is -0.140. The summed E-state index contributed by atoms with van der Waals surface area (Å²) in [7, 11) is 0. The summed E-state index contributed by atoms with van der Waals surface area (Å²) in [4.78, 5) is 25.5. The van der Waals surface area contributed by atoms with Crippen LogP contribution in [-0.2, 0) is 16.1 Å². The van der Waals surface area contributed by atoms with Crippen LogP contribution in [0.4, 0.5) is 0 Å². The maximum absolute atomic E-state index is 12.4. The third-order valence-corrected chi connectivity index (χ3v) is 5.77. The molecule has 1 aliphatic heterocycles. The number of nitrogens with zero attached hydrogens (tertiary/aromatic N) is 4. The van der Waals surface area contributed by atoms with Crippen molar-refractivity contribution in [1.82, 2.24) is 19.7 Å². The van der Waals surface area contributed by atoms with E-state index in [4.69, 9.17) is 4.42 Å². The number of carbonyl (C=O) groups excluding carboxylic acids is 2. The lowest BCUT2D eigenvalue weighted by Gasteiger charge is -2.13. The Morgan fingerprint density at radius 1 is 1.18 bits per heavy atom. The van der Waals surface area contributed by atoms with Crippen LogP contribution >= 0.6 is 27.7 Å². The minimum atomic E-state index is -0.191. The average molecular weight is 461 g/mol. The summed E-state index contributed by atoms with van der Waals surface area (Å²) in [5, 5.41) is 9.14. The van der Waals surface area contributed by atoms with Gasteiger partial charge in [-0.05, 0) is 40.0 Å². The zero-order valence-electron chi connectivity index (χ0n) is 14.9. The first-order chi connectivity index (χ1) is 13.6. The van der Waals surface area contributed by atoms with Gasteiger partial charge < -0.3 is 4.42 Å². The van der Waals surface area contributed by atoms with Gasteiger partial charge in [0.1, 0.15) is 0 Å². The molecule has 3 aromatic rings. The second-order valence-corrected chi connectivity index (χ2v) is 8.04. The SMILES string of the molecule is O=C1CCCN1C(=O)CSc1nnc(-c2ccc(Br)o2)n1Cc1ccccc1. The van der Waals surface area contributed by atoms with Crippen molar-refractivity contribution in [2.24, 2.45) is 0 Å². The lowest BCUT2D eigenvalue weighted by atomic mass is 10.2. The predicted octanol–water partition coefficient (Wildman–Crippen LogP) is 3.59. The molecule has 144 valence electrons. The van der Waals surface area contributed by atoms with E-state index in [2.05, 4.69) is 26.1 Å². The molecule has 0 radical (unpaired) electrons. The maximum Gasteiger partial charge on any atom is 0.239 e. The van der Waals surface area contributed by atoms with E-state index in [9.17, 15) is 9.59 Å². The fraction of sp³-hybridized carbons (Fsp3) is 0.263. The molecular formula is C19H17BrN4O3S. The number of hydrogen-bond acceptors (Lipinski definition) is 6. The first-order valence-electron chi connectivity index (χ1n) is 8.80. The van der Waals surface area contributed by atoms with Gasteiger partial charge in [0.15, 0.2) is 15.6 Å². The van der Waals surface area contributed by atoms with Crippen molar-refractivity contribution in [3.8, 4) is 11.6 Å². The highest BCUT2D eigenvalue weighted by molar-refractivity contribution is 9.10. The van der Waals surface area contributed by atoms with Gasteiger partial charge in [0.05, 0.1) is 12.3 Å². The van der Waals surface area contributed by atoms with Crippen LogP contribution in [0.2, 0.25) is 0 Å². The molecule has 1 saturated heterocycles. The van der Waals surface area contributed by atoms with Crippen LogP contribution in [0.3, 0.4) is 0 Å². The highest BCUT2D eigenvalue weighted by atomic mass is 79.9. The number of carbonyl (C=O) groups is 2. The molecule has 4 rings (SSSR count). The molecule has 3 heterocycles. The van der Waals surface area contributed by atoms with Gasteiger partial charge in [-0.25, -0.2) is 0 Å². The van der Waals surface area contributed by atoms with Crippen LogP contribution in [-0.4, -0.2) is 43.8 Å². The Bertz CT molecular complexity index is 1000. The third kappa shape index (κ3) is 4.05. The third-order valence-electron chi connectivity index (χ3n) is 4.39. The zero-order chi connectivity index (χ0) is 19.5. The molecule has 28 heavy (non-hydrogen) atoms. The molecule has 0 saturated carbocycles. The molecule has 2 aromatic heterocycles. The molecule has 1 aromatic carbocycles. The number of amides is 2. The Balaban J connectivity index is 1.58. The number of rotatable bonds is 6. The summed E-state index contributed by atoms with van der Waals surface area (Å²) in [6, 6.07) is 13.6. The first-order valence-corrected chi connectivity index (χ1v) is 10.6. The Morgan fingerprint density at radius 2 is 2.00 bits per heavy atom. The smallest absolute Gasteiger partial charge is 0.239 e. The lowest BCUT2D eigenvalue weighted by Crippen LogP contribution is -2.33.